The summed E-state index contributed by atoms with van der Waals surface area (Å²) in [5.41, 5.74) is 3.04. The molecule has 4 aromatic rings. The van der Waals surface area contributed by atoms with E-state index in [1.165, 1.54) is 18.5 Å². The lowest BCUT2D eigenvalue weighted by Gasteiger charge is -2.10. The van der Waals surface area contributed by atoms with E-state index in [-0.39, 0.29) is 11.7 Å². The molecule has 0 aliphatic heterocycles. The molecule has 0 bridgehead atoms. The molecule has 26 heavy (non-hydrogen) atoms. The minimum atomic E-state index is -0.260. The minimum Gasteiger partial charge on any atom is -0.508 e. The smallest absolute Gasteiger partial charge is 0.256 e. The van der Waals surface area contributed by atoms with Gasteiger partial charge in [-0.3, -0.25) is 4.79 Å². The van der Waals surface area contributed by atoms with E-state index in [1.54, 1.807) is 30.5 Å². The zero-order chi connectivity index (χ0) is 17.9. The van der Waals surface area contributed by atoms with Crippen molar-refractivity contribution in [2.45, 2.75) is 0 Å². The number of hydrogen-bond acceptors (Lipinski definition) is 5. The van der Waals surface area contributed by atoms with Crippen LogP contribution >= 0.6 is 0 Å². The van der Waals surface area contributed by atoms with Crippen molar-refractivity contribution in [2.75, 3.05) is 5.32 Å². The number of nitrogens with one attached hydrogen (secondary N) is 1. The van der Waals surface area contributed by atoms with Gasteiger partial charge in [-0.05, 0) is 42.5 Å². The number of phenols is 1. The second-order valence-electron chi connectivity index (χ2n) is 5.67. The number of benzene rings is 2. The third-order valence-electron chi connectivity index (χ3n) is 3.93. The Morgan fingerprint density at radius 3 is 2.54 bits per heavy atom. The Balaban J connectivity index is 1.79. The van der Waals surface area contributed by atoms with Gasteiger partial charge in [0.2, 0.25) is 0 Å². The van der Waals surface area contributed by atoms with Gasteiger partial charge < -0.3 is 10.4 Å². The Hall–Kier alpha value is -3.80. The van der Waals surface area contributed by atoms with E-state index in [2.05, 4.69) is 20.3 Å². The molecule has 6 heteroatoms. The average molecular weight is 342 g/mol. The van der Waals surface area contributed by atoms with E-state index in [0.29, 0.717) is 28.2 Å². The quantitative estimate of drug-likeness (QED) is 0.555. The van der Waals surface area contributed by atoms with Crippen LogP contribution in [0.2, 0.25) is 0 Å². The van der Waals surface area contributed by atoms with E-state index in [9.17, 15) is 9.90 Å². The van der Waals surface area contributed by atoms with Gasteiger partial charge in [0.1, 0.15) is 12.1 Å². The summed E-state index contributed by atoms with van der Waals surface area (Å²) >= 11 is 0. The number of carbonyl (C=O) groups excluding carboxylic acids is 1. The number of aromatic nitrogens is 3. The van der Waals surface area contributed by atoms with Crippen LogP contribution in [0.25, 0.3) is 22.3 Å². The summed E-state index contributed by atoms with van der Waals surface area (Å²) in [7, 11) is 0. The highest BCUT2D eigenvalue weighted by Gasteiger charge is 2.14. The number of aromatic hydroxyl groups is 1. The van der Waals surface area contributed by atoms with Crippen LogP contribution in [-0.2, 0) is 0 Å². The van der Waals surface area contributed by atoms with Crippen LogP contribution in [0.5, 0.6) is 5.75 Å². The van der Waals surface area contributed by atoms with Crippen LogP contribution in [0.1, 0.15) is 10.4 Å². The number of carbonyl (C=O) groups is 1. The Morgan fingerprint density at radius 2 is 1.77 bits per heavy atom. The van der Waals surface area contributed by atoms with Crippen LogP contribution in [0, 0.1) is 0 Å². The number of para-hydroxylation sites is 1. The van der Waals surface area contributed by atoms with Gasteiger partial charge >= 0.3 is 0 Å². The van der Waals surface area contributed by atoms with Crippen molar-refractivity contribution in [3.63, 3.8) is 0 Å². The van der Waals surface area contributed by atoms with Gasteiger partial charge in [-0.2, -0.15) is 0 Å². The van der Waals surface area contributed by atoms with Crippen LogP contribution in [0.4, 0.5) is 5.69 Å². The highest BCUT2D eigenvalue weighted by molar-refractivity contribution is 6.13. The second kappa shape index (κ2) is 6.60. The zero-order valence-electron chi connectivity index (χ0n) is 13.6. The number of pyridine rings is 1. The highest BCUT2D eigenvalue weighted by Crippen LogP contribution is 2.24. The Labute approximate surface area is 149 Å². The molecule has 4 rings (SSSR count). The number of fused-ring (bicyclic) bond motifs is 1. The van der Waals surface area contributed by atoms with Crippen molar-refractivity contribution in [1.29, 1.82) is 0 Å². The first-order valence-corrected chi connectivity index (χ1v) is 7.97. The normalized spacial score (nSPS) is 10.6. The first kappa shape index (κ1) is 15.7. The predicted octanol–water partition coefficient (Wildman–Crippen LogP) is 3.65. The molecule has 0 aliphatic carbocycles. The summed E-state index contributed by atoms with van der Waals surface area (Å²) in [5.74, 6) is -0.118. The van der Waals surface area contributed by atoms with Crippen LogP contribution in [-0.4, -0.2) is 26.0 Å². The van der Waals surface area contributed by atoms with Gasteiger partial charge in [-0.1, -0.05) is 18.2 Å². The van der Waals surface area contributed by atoms with Crippen molar-refractivity contribution in [3.05, 3.63) is 78.8 Å². The van der Waals surface area contributed by atoms with Gasteiger partial charge in [0.05, 0.1) is 22.5 Å². The zero-order valence-corrected chi connectivity index (χ0v) is 13.6. The number of nitrogens with zero attached hydrogens (tertiary/aromatic N) is 3. The maximum absolute atomic E-state index is 12.9. The fourth-order valence-corrected chi connectivity index (χ4v) is 2.68. The fourth-order valence-electron chi connectivity index (χ4n) is 2.68. The van der Waals surface area contributed by atoms with Crippen LogP contribution in [0.15, 0.2) is 73.2 Å². The predicted molar refractivity (Wildman–Crippen MR) is 98.8 cm³/mol. The molecule has 2 N–H and O–H groups in total. The number of amides is 1. The largest absolute Gasteiger partial charge is 0.508 e. The fraction of sp³-hybridized carbons (Fsp3) is 0. The summed E-state index contributed by atoms with van der Waals surface area (Å²) in [6, 6.07) is 17.3. The SMILES string of the molecule is O=C(Nc1ccc(O)cc1)c1cc(-c2ccncn2)nc2ccccc12. The van der Waals surface area contributed by atoms with Crippen molar-refractivity contribution in [3.8, 4) is 17.1 Å². The molecule has 0 unspecified atom stereocenters. The summed E-state index contributed by atoms with van der Waals surface area (Å²) in [4.78, 5) is 25.6. The van der Waals surface area contributed by atoms with Crippen LogP contribution < -0.4 is 5.32 Å². The molecule has 0 atom stereocenters. The molecule has 6 nitrogen and oxygen atoms in total. The lowest BCUT2D eigenvalue weighted by atomic mass is 10.1. The van der Waals surface area contributed by atoms with Crippen molar-refractivity contribution >= 4 is 22.5 Å². The van der Waals surface area contributed by atoms with Gasteiger partial charge in [0, 0.05) is 17.3 Å². The third-order valence-corrected chi connectivity index (χ3v) is 3.93. The molecule has 0 fully saturated rings. The first-order chi connectivity index (χ1) is 12.7. The summed E-state index contributed by atoms with van der Waals surface area (Å²) < 4.78 is 0. The Kier molecular flexibility index (Phi) is 3.99. The molecule has 2 aromatic heterocycles. The van der Waals surface area contributed by atoms with Crippen LogP contribution in [0.3, 0.4) is 0 Å². The summed E-state index contributed by atoms with van der Waals surface area (Å²) in [6.07, 6.45) is 3.08. The second-order valence-corrected chi connectivity index (χ2v) is 5.67. The van der Waals surface area contributed by atoms with E-state index in [4.69, 9.17) is 0 Å². The monoisotopic (exact) mass is 342 g/mol. The van der Waals surface area contributed by atoms with Crippen molar-refractivity contribution < 1.29 is 9.90 Å². The maximum Gasteiger partial charge on any atom is 0.256 e. The molecular formula is C20H14N4O2. The highest BCUT2D eigenvalue weighted by atomic mass is 16.3. The number of rotatable bonds is 3. The molecule has 1 amide bonds. The summed E-state index contributed by atoms with van der Waals surface area (Å²) in [6.45, 7) is 0. The summed E-state index contributed by atoms with van der Waals surface area (Å²) in [5, 5.41) is 13.0. The number of hydrogen-bond donors (Lipinski definition) is 2. The molecule has 2 heterocycles. The Bertz CT molecular complexity index is 1080. The van der Waals surface area contributed by atoms with E-state index in [1.807, 2.05) is 24.3 Å². The van der Waals surface area contributed by atoms with Gasteiger partial charge in [-0.25, -0.2) is 15.0 Å². The molecule has 2 aromatic carbocycles. The van der Waals surface area contributed by atoms with Gasteiger partial charge in [0.25, 0.3) is 5.91 Å². The Morgan fingerprint density at radius 1 is 0.962 bits per heavy atom. The molecule has 0 spiro atoms. The van der Waals surface area contributed by atoms with E-state index in [0.717, 1.165) is 5.39 Å². The molecule has 0 saturated carbocycles. The molecule has 0 saturated heterocycles. The average Bonchev–Trinajstić information content (AvgIpc) is 2.69. The topological polar surface area (TPSA) is 88.0 Å². The van der Waals surface area contributed by atoms with E-state index >= 15 is 0 Å². The van der Waals surface area contributed by atoms with E-state index < -0.39 is 0 Å². The molecule has 0 radical (unpaired) electrons. The molecular weight excluding hydrogens is 328 g/mol. The third kappa shape index (κ3) is 3.08. The standard InChI is InChI=1S/C20H14N4O2/c25-14-7-5-13(6-8-14)23-20(26)16-11-19(18-9-10-21-12-22-18)24-17-4-2-1-3-15(16)17/h1-12,25H,(H,23,26). The van der Waals surface area contributed by atoms with Gasteiger partial charge in [0.15, 0.2) is 0 Å². The lowest BCUT2D eigenvalue weighted by Crippen LogP contribution is -2.13. The van der Waals surface area contributed by atoms with Gasteiger partial charge in [-0.15, -0.1) is 0 Å². The number of phenolic OH excluding ortho intramolecular Hbond substituents is 1. The number of anilines is 1. The molecule has 0 aliphatic rings. The first-order valence-electron chi connectivity index (χ1n) is 7.97. The van der Waals surface area contributed by atoms with Crippen molar-refractivity contribution in [2.24, 2.45) is 0 Å². The molecule has 126 valence electrons. The lowest BCUT2D eigenvalue weighted by molar-refractivity contribution is 0.102. The van der Waals surface area contributed by atoms with Crippen molar-refractivity contribution in [1.82, 2.24) is 15.0 Å². The maximum atomic E-state index is 12.9. The minimum absolute atomic E-state index is 0.142.